The molecule has 3 nitrogen and oxygen atoms in total. The van der Waals surface area contributed by atoms with E-state index in [0.29, 0.717) is 0 Å². The molecule has 0 aliphatic heterocycles. The Hall–Kier alpha value is -2.55. The maximum absolute atomic E-state index is 7.45. The zero-order chi connectivity index (χ0) is 15.1. The Morgan fingerprint density at radius 3 is 2.48 bits per heavy atom. The number of hydrogen-bond donors (Lipinski definition) is 2. The molecule has 108 valence electrons. The topological polar surface area (TPSA) is 59.1 Å². The highest BCUT2D eigenvalue weighted by Gasteiger charge is 1.96. The quantitative estimate of drug-likeness (QED) is 0.478. The average molecular weight is 280 g/mol. The Bertz CT molecular complexity index is 630. The third-order valence-electron chi connectivity index (χ3n) is 3.02. The van der Waals surface area contributed by atoms with Gasteiger partial charge in [-0.15, -0.1) is 0 Å². The summed E-state index contributed by atoms with van der Waals surface area (Å²) in [7, 11) is 0. The number of nitrogens with two attached hydrogens (primary N) is 1. The Morgan fingerprint density at radius 1 is 1.10 bits per heavy atom. The Kier molecular flexibility index (Phi) is 5.16. The zero-order valence-corrected chi connectivity index (χ0v) is 12.2. The molecule has 0 saturated carbocycles. The molecule has 2 rings (SSSR count). The normalized spacial score (nSPS) is 10.7. The van der Waals surface area contributed by atoms with Crippen molar-refractivity contribution in [2.75, 3.05) is 6.61 Å². The van der Waals surface area contributed by atoms with Gasteiger partial charge >= 0.3 is 0 Å². The minimum absolute atomic E-state index is 0.0858. The van der Waals surface area contributed by atoms with Crippen molar-refractivity contribution >= 4 is 18.0 Å². The maximum atomic E-state index is 7.45. The van der Waals surface area contributed by atoms with Crippen LogP contribution in [0.5, 0.6) is 5.75 Å². The van der Waals surface area contributed by atoms with E-state index in [9.17, 15) is 0 Å². The third-order valence-corrected chi connectivity index (χ3v) is 3.02. The van der Waals surface area contributed by atoms with E-state index in [4.69, 9.17) is 15.9 Å². The summed E-state index contributed by atoms with van der Waals surface area (Å²) in [6.07, 6.45) is 5.05. The van der Waals surface area contributed by atoms with Gasteiger partial charge in [0.2, 0.25) is 0 Å². The summed E-state index contributed by atoms with van der Waals surface area (Å²) in [5, 5.41) is 7.45. The van der Waals surface area contributed by atoms with Gasteiger partial charge in [0.1, 0.15) is 11.6 Å². The average Bonchev–Trinajstić information content (AvgIpc) is 2.52. The number of nitrogen functional groups attached to an aromatic ring is 1. The largest absolute Gasteiger partial charge is 0.494 e. The lowest BCUT2D eigenvalue weighted by Gasteiger charge is -2.04. The van der Waals surface area contributed by atoms with Crippen LogP contribution in [0.15, 0.2) is 48.5 Å². The molecule has 0 amide bonds. The van der Waals surface area contributed by atoms with Crippen LogP contribution in [-0.4, -0.2) is 12.4 Å². The molecule has 0 saturated heterocycles. The molecule has 2 aromatic rings. The molecule has 0 aromatic heterocycles. The SMILES string of the molecule is CCCOc1ccc(C=Cc2cccc(C(=N)N)c2)cc1. The molecule has 0 atom stereocenters. The molecule has 0 aliphatic carbocycles. The summed E-state index contributed by atoms with van der Waals surface area (Å²) in [6.45, 7) is 2.83. The summed E-state index contributed by atoms with van der Waals surface area (Å²) in [6, 6.07) is 15.6. The van der Waals surface area contributed by atoms with Gasteiger partial charge in [0, 0.05) is 5.56 Å². The first-order valence-electron chi connectivity index (χ1n) is 7.04. The number of ether oxygens (including phenoxy) is 1. The van der Waals surface area contributed by atoms with Gasteiger partial charge in [0.05, 0.1) is 6.61 Å². The van der Waals surface area contributed by atoms with E-state index in [-0.39, 0.29) is 5.84 Å². The highest BCUT2D eigenvalue weighted by molar-refractivity contribution is 5.95. The van der Waals surface area contributed by atoms with Crippen molar-refractivity contribution in [1.82, 2.24) is 0 Å². The fourth-order valence-corrected chi connectivity index (χ4v) is 1.90. The Labute approximate surface area is 125 Å². The number of rotatable bonds is 6. The lowest BCUT2D eigenvalue weighted by molar-refractivity contribution is 0.317. The Balaban J connectivity index is 2.06. The minimum Gasteiger partial charge on any atom is -0.494 e. The molecule has 0 spiro atoms. The lowest BCUT2D eigenvalue weighted by atomic mass is 10.1. The molecule has 2 aromatic carbocycles. The molecule has 0 heterocycles. The molecule has 0 unspecified atom stereocenters. The second-order valence-corrected chi connectivity index (χ2v) is 4.79. The van der Waals surface area contributed by atoms with Gasteiger partial charge < -0.3 is 10.5 Å². The van der Waals surface area contributed by atoms with Crippen molar-refractivity contribution in [1.29, 1.82) is 5.41 Å². The van der Waals surface area contributed by atoms with Crippen molar-refractivity contribution in [3.63, 3.8) is 0 Å². The van der Waals surface area contributed by atoms with Gasteiger partial charge in [0.15, 0.2) is 0 Å². The predicted octanol–water partition coefficient (Wildman–Crippen LogP) is 3.93. The van der Waals surface area contributed by atoms with Crippen LogP contribution in [-0.2, 0) is 0 Å². The van der Waals surface area contributed by atoms with Gasteiger partial charge in [-0.3, -0.25) is 5.41 Å². The van der Waals surface area contributed by atoms with Crippen molar-refractivity contribution in [2.24, 2.45) is 5.73 Å². The van der Waals surface area contributed by atoms with E-state index in [2.05, 4.69) is 6.92 Å². The first kappa shape index (κ1) is 14.9. The summed E-state index contributed by atoms with van der Waals surface area (Å²) in [4.78, 5) is 0. The van der Waals surface area contributed by atoms with Crippen molar-refractivity contribution < 1.29 is 4.74 Å². The van der Waals surface area contributed by atoms with E-state index in [1.54, 1.807) is 0 Å². The smallest absolute Gasteiger partial charge is 0.122 e. The van der Waals surface area contributed by atoms with E-state index < -0.39 is 0 Å². The highest BCUT2D eigenvalue weighted by Crippen LogP contribution is 2.15. The standard InChI is InChI=1S/C18H20N2O/c1-2-12-21-17-10-8-14(9-11-17)6-7-15-4-3-5-16(13-15)18(19)20/h3-11,13H,2,12H2,1H3,(H3,19,20). The van der Waals surface area contributed by atoms with Gasteiger partial charge in [-0.05, 0) is 35.7 Å². The van der Waals surface area contributed by atoms with E-state index in [0.717, 1.165) is 35.5 Å². The third kappa shape index (κ3) is 4.49. The van der Waals surface area contributed by atoms with Crippen LogP contribution in [0.1, 0.15) is 30.0 Å². The maximum Gasteiger partial charge on any atom is 0.122 e. The molecule has 0 radical (unpaired) electrons. The number of amidine groups is 1. The fraction of sp³-hybridized carbons (Fsp3) is 0.167. The predicted molar refractivity (Wildman–Crippen MR) is 88.6 cm³/mol. The minimum atomic E-state index is 0.0858. The van der Waals surface area contributed by atoms with E-state index >= 15 is 0 Å². The van der Waals surface area contributed by atoms with E-state index in [1.165, 1.54) is 0 Å². The summed E-state index contributed by atoms with van der Waals surface area (Å²) < 4.78 is 5.55. The van der Waals surface area contributed by atoms with Crippen LogP contribution in [0.4, 0.5) is 0 Å². The summed E-state index contributed by atoms with van der Waals surface area (Å²) in [5.74, 6) is 0.982. The van der Waals surface area contributed by atoms with Crippen LogP contribution in [0.3, 0.4) is 0 Å². The second-order valence-electron chi connectivity index (χ2n) is 4.79. The van der Waals surface area contributed by atoms with Gasteiger partial charge in [-0.1, -0.05) is 49.4 Å². The number of hydrogen-bond acceptors (Lipinski definition) is 2. The number of nitrogens with one attached hydrogen (secondary N) is 1. The summed E-state index contributed by atoms with van der Waals surface area (Å²) in [5.41, 5.74) is 8.35. The summed E-state index contributed by atoms with van der Waals surface area (Å²) >= 11 is 0. The molecule has 0 aliphatic rings. The first-order valence-corrected chi connectivity index (χ1v) is 7.04. The molecule has 0 fully saturated rings. The second kappa shape index (κ2) is 7.29. The van der Waals surface area contributed by atoms with Crippen LogP contribution in [0, 0.1) is 5.41 Å². The van der Waals surface area contributed by atoms with Gasteiger partial charge in [-0.25, -0.2) is 0 Å². The van der Waals surface area contributed by atoms with Crippen molar-refractivity contribution in [2.45, 2.75) is 13.3 Å². The molecule has 0 bridgehead atoms. The monoisotopic (exact) mass is 280 g/mol. The van der Waals surface area contributed by atoms with Crippen LogP contribution >= 0.6 is 0 Å². The zero-order valence-electron chi connectivity index (χ0n) is 12.2. The molecular weight excluding hydrogens is 260 g/mol. The molecular formula is C18H20N2O. The Morgan fingerprint density at radius 2 is 1.81 bits per heavy atom. The first-order chi connectivity index (χ1) is 10.2. The van der Waals surface area contributed by atoms with Crippen molar-refractivity contribution in [3.05, 3.63) is 65.2 Å². The fourth-order valence-electron chi connectivity index (χ4n) is 1.90. The molecule has 21 heavy (non-hydrogen) atoms. The van der Waals surface area contributed by atoms with Gasteiger partial charge in [-0.2, -0.15) is 0 Å². The molecule has 3 heteroatoms. The molecule has 3 N–H and O–H groups in total. The van der Waals surface area contributed by atoms with Crippen LogP contribution in [0.2, 0.25) is 0 Å². The highest BCUT2D eigenvalue weighted by atomic mass is 16.5. The van der Waals surface area contributed by atoms with Crippen molar-refractivity contribution in [3.8, 4) is 5.75 Å². The van der Waals surface area contributed by atoms with Crippen LogP contribution < -0.4 is 10.5 Å². The number of benzene rings is 2. The van der Waals surface area contributed by atoms with Crippen LogP contribution in [0.25, 0.3) is 12.2 Å². The lowest BCUT2D eigenvalue weighted by Crippen LogP contribution is -2.10. The van der Waals surface area contributed by atoms with E-state index in [1.807, 2.05) is 60.7 Å². The van der Waals surface area contributed by atoms with Gasteiger partial charge in [0.25, 0.3) is 0 Å².